The highest BCUT2D eigenvalue weighted by molar-refractivity contribution is 6.30. The maximum atomic E-state index is 12.6. The number of ketones is 9. The third-order valence-corrected chi connectivity index (χ3v) is 25.2. The molecule has 0 spiro atoms. The molecule has 5 aromatic carbocycles. The number of pyridine rings is 3. The molecule has 10 atom stereocenters. The van der Waals surface area contributed by atoms with Gasteiger partial charge >= 0.3 is 0 Å². The number of Topliss-reactive ketones (excluding diaryl/α,β-unsaturated/α-hetero) is 9. The molecule has 2 fully saturated rings. The number of nitrogens with zero attached hydrogens (tertiary/aromatic N) is 3. The summed E-state index contributed by atoms with van der Waals surface area (Å²) in [5, 5.41) is 47.9. The lowest BCUT2D eigenvalue weighted by Gasteiger charge is -2.29. The number of nitrogens with two attached hydrogens (primary N) is 4. The fourth-order valence-corrected chi connectivity index (χ4v) is 16.5. The van der Waals surface area contributed by atoms with Crippen molar-refractivity contribution in [2.45, 2.75) is 365 Å². The fraction of sp³-hybridized carbons (Fsp3) is 0.565. The molecule has 3 aromatic heterocycles. The van der Waals surface area contributed by atoms with Crippen molar-refractivity contribution in [2.75, 3.05) is 6.54 Å². The molecule has 4 heterocycles. The van der Waals surface area contributed by atoms with Gasteiger partial charge in [0.15, 0.2) is 74.5 Å². The van der Waals surface area contributed by atoms with E-state index in [4.69, 9.17) is 34.5 Å². The van der Waals surface area contributed by atoms with E-state index in [1.54, 1.807) is 183 Å². The average Bonchev–Trinajstić information content (AvgIpc) is 1.59. The predicted molar refractivity (Wildman–Crippen MR) is 616 cm³/mol. The Hall–Kier alpha value is -9.49. The molecule has 0 bridgehead atoms. The van der Waals surface area contributed by atoms with Crippen molar-refractivity contribution in [1.82, 2.24) is 20.3 Å². The van der Waals surface area contributed by atoms with Crippen LogP contribution >= 0.6 is 11.6 Å². The Morgan fingerprint density at radius 3 is 1.21 bits per heavy atom. The standard InChI is InChI=1S/C17H18O2.C16H16ClNO2.C16H15NO2.C16H17NO2.2C11H21NO.C10H21NO.2C9H19NO.9CH4/c1-13(2)16(18)17(19,14-9-5-3-6-10-14)15-11-7-4-8-12-15;1-11(2)15(19)16(20,13-6-4-8-18-10-13)12-5-3-7-14(17)9-12;1-10(2)15(18)16(19)13-8-4-3-6-11(13)12-7-5-9-17-14(12)16;1-12(2)15(18)16(19,13-8-4-3-5-9-13)14-10-6-7-11-17-14;1-7(2)9-5-6-12-10(9)11(13)8(3)4;1-8(2)11(13)10(12)9-6-4-3-5-7-9;1-7(2)9(12)8(11)6-10(3,4)5;1-6(2)7(11)8(10)9(3,4)5;1-5-7(4)8(10)9(11)6(2)3;;;;;;;;;/h3-13,19H,1-2H3;3-11,20H,1-2H3;3-10,19H,1-2H3;3-12,19H,1-2H3;7-10,12H,5-6H2,1-4H3;8-10H,3-7,12H2,1-2H3;7-8H,6,11H2,1-5H3;6,8H,10H2,1-5H3;6-8H,5,10H2,1-4H3;9*1H4. The maximum Gasteiger partial charge on any atom is 0.192 e. The largest absolute Gasteiger partial charge is 0.373 e. The summed E-state index contributed by atoms with van der Waals surface area (Å²) in [5.74, 6) is 1.45. The average molecular weight is 2050 g/mol. The Morgan fingerprint density at radius 2 is 0.829 bits per heavy atom. The minimum Gasteiger partial charge on any atom is -0.373 e. The van der Waals surface area contributed by atoms with E-state index in [2.05, 4.69) is 61.8 Å². The molecule has 0 amide bonds. The lowest BCUT2D eigenvalue weighted by atomic mass is 9.79. The molecule has 1 saturated carbocycles. The van der Waals surface area contributed by atoms with E-state index in [1.807, 2.05) is 170 Å². The first-order chi connectivity index (χ1) is 63.8. The van der Waals surface area contributed by atoms with Crippen molar-refractivity contribution in [2.24, 2.45) is 111 Å². The minimum absolute atomic E-state index is 0. The first-order valence-corrected chi connectivity index (χ1v) is 49.5. The smallest absolute Gasteiger partial charge is 0.192 e. The number of carbonyl (C=O) groups is 9. The number of nitrogens with one attached hydrogen (secondary N) is 1. The van der Waals surface area contributed by atoms with Crippen LogP contribution in [-0.2, 0) is 65.6 Å². The second-order valence-corrected chi connectivity index (χ2v) is 42.3. The summed E-state index contributed by atoms with van der Waals surface area (Å²) in [5.41, 5.74) is 22.5. The number of hydrogen-bond donors (Lipinski definition) is 9. The third-order valence-electron chi connectivity index (χ3n) is 25.0. The highest BCUT2D eigenvalue weighted by atomic mass is 35.5. The van der Waals surface area contributed by atoms with E-state index in [0.717, 1.165) is 49.8 Å². The topological polar surface area (TPSA) is 389 Å². The van der Waals surface area contributed by atoms with Gasteiger partial charge < -0.3 is 48.7 Å². The predicted octanol–water partition coefficient (Wildman–Crippen LogP) is 26.2. The number of carbonyl (C=O) groups excluding carboxylic acids is 9. The first-order valence-electron chi connectivity index (χ1n) is 49.1. The summed E-state index contributed by atoms with van der Waals surface area (Å²) in [6.07, 6.45) is 15.3. The second kappa shape index (κ2) is 69.7. The van der Waals surface area contributed by atoms with Gasteiger partial charge in [0, 0.05) is 99.8 Å². The van der Waals surface area contributed by atoms with Crippen LogP contribution in [0.1, 0.15) is 357 Å². The van der Waals surface area contributed by atoms with Crippen LogP contribution < -0.4 is 28.3 Å². The highest BCUT2D eigenvalue weighted by Crippen LogP contribution is 2.48. The van der Waals surface area contributed by atoms with E-state index in [0.29, 0.717) is 79.2 Å². The molecule has 0 radical (unpaired) electrons. The van der Waals surface area contributed by atoms with E-state index < -0.39 is 22.4 Å². The Labute approximate surface area is 891 Å². The molecule has 21 nitrogen and oxygen atoms in total. The van der Waals surface area contributed by atoms with Crippen LogP contribution in [0.4, 0.5) is 0 Å². The molecule has 1 aliphatic heterocycles. The summed E-state index contributed by atoms with van der Waals surface area (Å²) in [6.45, 7) is 55.2. The Bertz CT molecular complexity index is 4770. The van der Waals surface area contributed by atoms with Gasteiger partial charge in [-0.25, -0.2) is 0 Å². The zero-order valence-corrected chi connectivity index (χ0v) is 88.1. The quantitative estimate of drug-likeness (QED) is 0.0210. The van der Waals surface area contributed by atoms with Crippen molar-refractivity contribution in [3.63, 3.8) is 0 Å². The normalized spacial score (nSPS) is 16.0. The molecule has 8 aromatic rings. The SMILES string of the molecule is C.C.C.C.C.C.C.C.C.CC(C)C(=O)C(N)C(C)(C)C.CC(C)C(=O)C(N)C1CCCCC1.CC(C)C(=O)C(N)CC(C)(C)C.CC(C)C(=O)C(O)(c1ccccc1)c1ccccc1.CC(C)C(=O)C(O)(c1ccccc1)c1ccccn1.CC(C)C(=O)C(O)(c1cccnc1)c1cccc(Cl)c1.CC(C)C(=O)C1(O)c2ccccc2-c2cccnc21.CC(C)C(=O)C1NCCC1C(C)C.CCC(C)C(N)C(=O)C(C)C. The maximum absolute atomic E-state index is 12.6. The zero-order chi connectivity index (χ0) is 104. The number of hydrogen-bond acceptors (Lipinski definition) is 21. The molecule has 13 N–H and O–H groups in total. The molecule has 146 heavy (non-hydrogen) atoms. The van der Waals surface area contributed by atoms with Crippen molar-refractivity contribution in [3.8, 4) is 11.1 Å². The highest BCUT2D eigenvalue weighted by Gasteiger charge is 2.50. The summed E-state index contributed by atoms with van der Waals surface area (Å²) in [4.78, 5) is 120. The monoisotopic (exact) mass is 2050 g/mol. The number of aromatic nitrogens is 3. The Kier molecular flexibility index (Phi) is 71.4. The molecule has 10 unspecified atom stereocenters. The van der Waals surface area contributed by atoms with E-state index in [9.17, 15) is 63.6 Å². The van der Waals surface area contributed by atoms with Gasteiger partial charge in [-0.2, -0.15) is 0 Å². The molecule has 11 rings (SSSR count). The van der Waals surface area contributed by atoms with E-state index >= 15 is 0 Å². The minimum atomic E-state index is -1.73. The Balaban J connectivity index is -0.000000298. The molecule has 22 heteroatoms. The van der Waals surface area contributed by atoms with E-state index in [-0.39, 0.29) is 207 Å². The van der Waals surface area contributed by atoms with Crippen LogP contribution in [0.5, 0.6) is 0 Å². The van der Waals surface area contributed by atoms with Crippen molar-refractivity contribution in [1.29, 1.82) is 0 Å². The second-order valence-electron chi connectivity index (χ2n) is 41.9. The van der Waals surface area contributed by atoms with Crippen LogP contribution in [0.25, 0.3) is 11.1 Å². The number of halogens is 1. The molecule has 3 aliphatic rings. The van der Waals surface area contributed by atoms with Crippen LogP contribution in [0.15, 0.2) is 207 Å². The van der Waals surface area contributed by atoms with Gasteiger partial charge in [-0.05, 0) is 131 Å². The van der Waals surface area contributed by atoms with Crippen LogP contribution in [0.3, 0.4) is 0 Å². The molecular weight excluding hydrogens is 1840 g/mol. The van der Waals surface area contributed by atoms with Gasteiger partial charge in [0.1, 0.15) is 0 Å². The van der Waals surface area contributed by atoms with Crippen molar-refractivity contribution >= 4 is 63.7 Å². The lowest BCUT2D eigenvalue weighted by Crippen LogP contribution is -2.44. The molecule has 1 saturated heterocycles. The summed E-state index contributed by atoms with van der Waals surface area (Å²) >= 11 is 5.98. The summed E-state index contributed by atoms with van der Waals surface area (Å²) < 4.78 is 0. The van der Waals surface area contributed by atoms with Gasteiger partial charge in [0.25, 0.3) is 0 Å². The number of aliphatic hydroxyl groups is 4. The van der Waals surface area contributed by atoms with E-state index in [1.165, 1.54) is 25.5 Å². The van der Waals surface area contributed by atoms with Gasteiger partial charge in [-0.1, -0.05) is 444 Å². The number of benzene rings is 5. The lowest BCUT2D eigenvalue weighted by molar-refractivity contribution is -0.138. The summed E-state index contributed by atoms with van der Waals surface area (Å²) in [7, 11) is 0. The number of rotatable bonds is 29. The first kappa shape index (κ1) is 149. The number of fused-ring (bicyclic) bond motifs is 3. The zero-order valence-electron chi connectivity index (χ0n) is 87.4. The van der Waals surface area contributed by atoms with Crippen LogP contribution in [0.2, 0.25) is 5.02 Å². The molecule has 824 valence electrons. The summed E-state index contributed by atoms with van der Waals surface area (Å²) in [6, 6.07) is 52.7. The third kappa shape index (κ3) is 42.5. The van der Waals surface area contributed by atoms with Gasteiger partial charge in [0.05, 0.1) is 41.6 Å². The van der Waals surface area contributed by atoms with Gasteiger partial charge in [-0.3, -0.25) is 58.1 Å². The van der Waals surface area contributed by atoms with Gasteiger partial charge in [-0.15, -0.1) is 0 Å². The Morgan fingerprint density at radius 1 is 0.425 bits per heavy atom. The van der Waals surface area contributed by atoms with Crippen molar-refractivity contribution < 1.29 is 63.6 Å². The molecular formula is C124H203ClN8O13. The molecule has 2 aliphatic carbocycles. The van der Waals surface area contributed by atoms with Crippen molar-refractivity contribution in [3.05, 3.63) is 257 Å². The fourth-order valence-electron chi connectivity index (χ4n) is 16.3. The van der Waals surface area contributed by atoms with Crippen LogP contribution in [0, 0.1) is 87.8 Å². The van der Waals surface area contributed by atoms with Crippen LogP contribution in [-0.4, -0.2) is 124 Å². The van der Waals surface area contributed by atoms with Gasteiger partial charge in [0.2, 0.25) is 0 Å².